The third-order valence-electron chi connectivity index (χ3n) is 12.6. The first-order valence-corrected chi connectivity index (χ1v) is 20.9. The molecular weight excluding hydrogens is 721 g/mol. The van der Waals surface area contributed by atoms with Crippen molar-refractivity contribution in [1.29, 1.82) is 0 Å². The summed E-state index contributed by atoms with van der Waals surface area (Å²) in [6, 6.07) is 53.2. The maximum Gasteiger partial charge on any atom is 0.225 e. The first kappa shape index (κ1) is 37.3. The Morgan fingerprint density at radius 3 is 1.92 bits per heavy atom. The molecule has 2 atom stereocenters. The molecule has 0 bridgehead atoms. The van der Waals surface area contributed by atoms with Crippen molar-refractivity contribution >= 4 is 44.6 Å². The minimum atomic E-state index is -0.0284. The second-order valence-corrected chi connectivity index (χ2v) is 19.6. The Morgan fingerprint density at radius 1 is 0.475 bits per heavy atom. The van der Waals surface area contributed by atoms with Crippen LogP contribution >= 0.6 is 0 Å². The van der Waals surface area contributed by atoms with Gasteiger partial charge in [-0.05, 0) is 80.5 Å². The Hall–Kier alpha value is -6.01. The van der Waals surface area contributed by atoms with E-state index in [-0.39, 0.29) is 16.2 Å². The SMILES string of the molecule is CC(C)(C)c1cc(-c2ccccc2)cc([N@+]23[CH-][N+]2(c2cccc(Oc4ccc5c6ccccc6n(-c6cc(C(C)(C)C)ccn6)c5c4)c2)c2cc(C(C)(C)C)ccc23)c1. The van der Waals surface area contributed by atoms with Crippen LogP contribution in [0.2, 0.25) is 0 Å². The van der Waals surface area contributed by atoms with Gasteiger partial charge in [0.05, 0.1) is 11.0 Å². The number of aromatic nitrogens is 2. The molecule has 1 saturated heterocycles. The van der Waals surface area contributed by atoms with Crippen LogP contribution in [-0.2, 0) is 16.2 Å². The summed E-state index contributed by atoms with van der Waals surface area (Å²) >= 11 is 0. The molecule has 1 unspecified atom stereocenters. The highest BCUT2D eigenvalue weighted by atomic mass is 16.5. The number of benzene rings is 6. The molecule has 2 aliphatic heterocycles. The van der Waals surface area contributed by atoms with E-state index in [0.717, 1.165) is 28.4 Å². The average Bonchev–Trinajstić information content (AvgIpc) is 3.71. The standard InChI is InChI=1S/C54H53N4O/c1-52(2,3)38-22-25-49-50(31-38)57(35-58(49,57)42-29-37(36-16-11-10-12-17-36)28-40(30-42)54(7,8)9)41-18-15-19-43(33-41)59-44-23-24-46-45-20-13-14-21-47(45)56(48(46)34-44)51-32-39(26-27-55-51)53(4,5)6/h10-35H,1-9H3/q+1/t57?,58-/m0/s1. The molecule has 59 heavy (non-hydrogen) atoms. The van der Waals surface area contributed by atoms with Crippen LogP contribution < -0.4 is 13.9 Å². The minimum absolute atomic E-state index is 0.00211. The number of pyridine rings is 1. The van der Waals surface area contributed by atoms with E-state index in [1.54, 1.807) is 0 Å². The number of fused-ring (bicyclic) bond motifs is 7. The van der Waals surface area contributed by atoms with E-state index in [0.29, 0.717) is 9.18 Å². The molecular formula is C54H53N4O+. The molecule has 0 spiro atoms. The Balaban J connectivity index is 1.09. The second-order valence-electron chi connectivity index (χ2n) is 19.6. The maximum atomic E-state index is 6.86. The number of ether oxygens (including phenoxy) is 1. The predicted octanol–water partition coefficient (Wildman–Crippen LogP) is 14.9. The summed E-state index contributed by atoms with van der Waals surface area (Å²) < 4.78 is 10.4. The summed E-state index contributed by atoms with van der Waals surface area (Å²) in [7, 11) is 0. The number of hydrogen-bond donors (Lipinski definition) is 0. The van der Waals surface area contributed by atoms with Gasteiger partial charge in [-0.1, -0.05) is 129 Å². The lowest BCUT2D eigenvalue weighted by molar-refractivity contribution is 0.421. The Kier molecular flexibility index (Phi) is 8.05. The molecule has 0 aliphatic carbocycles. The van der Waals surface area contributed by atoms with Crippen LogP contribution in [0, 0.1) is 6.67 Å². The maximum absolute atomic E-state index is 6.86. The van der Waals surface area contributed by atoms with Crippen LogP contribution in [0.3, 0.4) is 0 Å². The van der Waals surface area contributed by atoms with Gasteiger partial charge in [0.15, 0.2) is 18.0 Å². The van der Waals surface area contributed by atoms with Gasteiger partial charge in [-0.3, -0.25) is 4.57 Å². The third kappa shape index (κ3) is 5.78. The number of hydrogen-bond acceptors (Lipinski definition) is 2. The molecule has 8 aromatic rings. The summed E-state index contributed by atoms with van der Waals surface area (Å²) in [4.78, 5) is 4.90. The van der Waals surface area contributed by atoms with Crippen molar-refractivity contribution in [3.05, 3.63) is 175 Å². The van der Waals surface area contributed by atoms with Gasteiger partial charge in [0.25, 0.3) is 0 Å². The molecule has 10 rings (SSSR count). The third-order valence-corrected chi connectivity index (χ3v) is 12.6. The predicted molar refractivity (Wildman–Crippen MR) is 247 cm³/mol. The van der Waals surface area contributed by atoms with Crippen LogP contribution in [0.4, 0.5) is 22.7 Å². The fraction of sp³-hybridized carbons (Fsp3) is 0.222. The van der Waals surface area contributed by atoms with Crippen LogP contribution in [0.25, 0.3) is 38.8 Å². The second kappa shape index (κ2) is 12.7. The zero-order valence-corrected chi connectivity index (χ0v) is 35.7. The zero-order valence-electron chi connectivity index (χ0n) is 35.7. The fourth-order valence-electron chi connectivity index (χ4n) is 9.17. The van der Waals surface area contributed by atoms with Gasteiger partial charge in [-0.15, -0.1) is 0 Å². The van der Waals surface area contributed by atoms with Crippen LogP contribution in [0.5, 0.6) is 11.5 Å². The Morgan fingerprint density at radius 2 is 1.15 bits per heavy atom. The molecule has 5 nitrogen and oxygen atoms in total. The smallest absolute Gasteiger partial charge is 0.225 e. The molecule has 0 N–H and O–H groups in total. The first-order valence-electron chi connectivity index (χ1n) is 20.9. The molecule has 0 radical (unpaired) electrons. The van der Waals surface area contributed by atoms with E-state index in [4.69, 9.17) is 9.72 Å². The highest BCUT2D eigenvalue weighted by Crippen LogP contribution is 2.76. The first-order chi connectivity index (χ1) is 28.1. The summed E-state index contributed by atoms with van der Waals surface area (Å²) in [5, 5.41) is 2.36. The summed E-state index contributed by atoms with van der Waals surface area (Å²) in [6.07, 6.45) is 1.93. The van der Waals surface area contributed by atoms with Crippen LogP contribution in [-0.4, -0.2) is 9.55 Å². The number of rotatable bonds is 6. The van der Waals surface area contributed by atoms with Gasteiger partial charge in [-0.25, -0.2) is 4.98 Å². The van der Waals surface area contributed by atoms with Gasteiger partial charge in [-0.2, -0.15) is 9.18 Å². The van der Waals surface area contributed by atoms with Crippen molar-refractivity contribution in [3.8, 4) is 28.4 Å². The number of nitrogens with zero attached hydrogens (tertiary/aromatic N) is 4. The van der Waals surface area contributed by atoms with E-state index in [1.807, 2.05) is 6.20 Å². The van der Waals surface area contributed by atoms with Gasteiger partial charge in [0.1, 0.15) is 17.3 Å². The Bertz CT molecular complexity index is 2960. The topological polar surface area (TPSA) is 27.1 Å². The van der Waals surface area contributed by atoms with Crippen molar-refractivity contribution in [1.82, 2.24) is 18.7 Å². The van der Waals surface area contributed by atoms with Gasteiger partial charge in [0.2, 0.25) is 11.4 Å². The van der Waals surface area contributed by atoms with Crippen molar-refractivity contribution in [2.24, 2.45) is 0 Å². The van der Waals surface area contributed by atoms with Crippen LogP contribution in [0.15, 0.2) is 152 Å². The molecule has 5 heteroatoms. The largest absolute Gasteiger partial charge is 0.457 e. The lowest BCUT2D eigenvalue weighted by atomic mass is 9.84. The summed E-state index contributed by atoms with van der Waals surface area (Å²) in [6.45, 7) is 23.0. The zero-order chi connectivity index (χ0) is 41.1. The van der Waals surface area contributed by atoms with E-state index in [9.17, 15) is 0 Å². The quantitative estimate of drug-likeness (QED) is 0.0956. The molecule has 294 valence electrons. The minimum Gasteiger partial charge on any atom is -0.457 e. The molecule has 2 aliphatic rings. The summed E-state index contributed by atoms with van der Waals surface area (Å²) in [5.41, 5.74) is 13.6. The van der Waals surface area contributed by atoms with Gasteiger partial charge >= 0.3 is 0 Å². The molecule has 0 amide bonds. The molecule has 4 heterocycles. The average molecular weight is 774 g/mol. The van der Waals surface area contributed by atoms with E-state index < -0.39 is 0 Å². The van der Waals surface area contributed by atoms with Gasteiger partial charge < -0.3 is 4.74 Å². The molecule has 6 aromatic carbocycles. The fourth-order valence-corrected chi connectivity index (χ4v) is 9.17. The Labute approximate surface area is 348 Å². The van der Waals surface area contributed by atoms with Gasteiger partial charge in [0, 0.05) is 59.4 Å². The summed E-state index contributed by atoms with van der Waals surface area (Å²) in [5.74, 6) is 2.49. The van der Waals surface area contributed by atoms with Crippen molar-refractivity contribution in [2.45, 2.75) is 78.6 Å². The highest BCUT2D eigenvalue weighted by Gasteiger charge is 2.78. The van der Waals surface area contributed by atoms with E-state index in [1.165, 1.54) is 61.3 Å². The van der Waals surface area contributed by atoms with Crippen molar-refractivity contribution in [2.75, 3.05) is 0 Å². The lowest BCUT2D eigenvalue weighted by Gasteiger charge is -2.41. The van der Waals surface area contributed by atoms with E-state index >= 15 is 0 Å². The molecule has 1 fully saturated rings. The number of quaternary nitrogens is 2. The molecule has 0 saturated carbocycles. The lowest BCUT2D eigenvalue weighted by Crippen LogP contribution is -2.46. The monoisotopic (exact) mass is 773 g/mol. The number of para-hydroxylation sites is 1. The van der Waals surface area contributed by atoms with Crippen molar-refractivity contribution < 1.29 is 4.74 Å². The molecule has 2 aromatic heterocycles. The highest BCUT2D eigenvalue weighted by molar-refractivity contribution is 6.09. The van der Waals surface area contributed by atoms with Crippen molar-refractivity contribution in [3.63, 3.8) is 0 Å². The van der Waals surface area contributed by atoms with Crippen LogP contribution in [0.1, 0.15) is 79.0 Å². The normalized spacial score (nSPS) is 18.7. The van der Waals surface area contributed by atoms with E-state index in [2.05, 4.69) is 219 Å².